The quantitative estimate of drug-likeness (QED) is 0.889. The number of anilines is 1. The highest BCUT2D eigenvalue weighted by Gasteiger charge is 2.43. The van der Waals surface area contributed by atoms with Crippen LogP contribution in [0.15, 0.2) is 23.2 Å². The highest BCUT2D eigenvalue weighted by atomic mass is 16.2. The molecule has 1 aromatic carbocycles. The molecule has 5 heteroatoms. The van der Waals surface area contributed by atoms with Crippen molar-refractivity contribution in [1.29, 1.82) is 0 Å². The Balaban J connectivity index is 1.73. The number of fused-ring (bicyclic) bond motifs is 1. The van der Waals surface area contributed by atoms with Gasteiger partial charge in [0.25, 0.3) is 0 Å². The zero-order valence-electron chi connectivity index (χ0n) is 11.5. The summed E-state index contributed by atoms with van der Waals surface area (Å²) in [7, 11) is 2.11. The molecule has 104 valence electrons. The Morgan fingerprint density at radius 1 is 1.35 bits per heavy atom. The molecule has 3 aliphatic rings. The van der Waals surface area contributed by atoms with E-state index in [0.29, 0.717) is 11.9 Å². The van der Waals surface area contributed by atoms with Crippen LogP contribution in [0.3, 0.4) is 0 Å². The molecule has 1 aliphatic carbocycles. The van der Waals surface area contributed by atoms with Crippen LogP contribution in [-0.2, 0) is 6.42 Å². The van der Waals surface area contributed by atoms with Gasteiger partial charge < -0.3 is 15.5 Å². The molecule has 0 saturated heterocycles. The van der Waals surface area contributed by atoms with E-state index < -0.39 is 0 Å². The summed E-state index contributed by atoms with van der Waals surface area (Å²) >= 11 is 0. The molecule has 0 bridgehead atoms. The van der Waals surface area contributed by atoms with Gasteiger partial charge in [-0.15, -0.1) is 0 Å². The van der Waals surface area contributed by atoms with E-state index in [-0.39, 0.29) is 12.1 Å². The van der Waals surface area contributed by atoms with Crippen LogP contribution in [0.1, 0.15) is 30.0 Å². The molecule has 1 unspecified atom stereocenters. The lowest BCUT2D eigenvalue weighted by Crippen LogP contribution is -2.35. The van der Waals surface area contributed by atoms with Crippen molar-refractivity contribution in [1.82, 2.24) is 4.90 Å². The summed E-state index contributed by atoms with van der Waals surface area (Å²) in [5.41, 5.74) is 9.73. The summed E-state index contributed by atoms with van der Waals surface area (Å²) in [6, 6.07) is 6.41. The second-order valence-electron chi connectivity index (χ2n) is 5.92. The number of carbonyl (C=O) groups is 1. The van der Waals surface area contributed by atoms with Crippen molar-refractivity contribution in [2.45, 2.75) is 31.3 Å². The summed E-state index contributed by atoms with van der Waals surface area (Å²) in [5, 5.41) is 0. The zero-order valence-corrected chi connectivity index (χ0v) is 11.5. The highest BCUT2D eigenvalue weighted by Crippen LogP contribution is 2.39. The normalized spacial score (nSPS) is 25.1. The van der Waals surface area contributed by atoms with Gasteiger partial charge in [-0.3, -0.25) is 0 Å². The maximum Gasteiger partial charge on any atom is 0.346 e. The predicted octanol–water partition coefficient (Wildman–Crippen LogP) is 1.68. The first kappa shape index (κ1) is 11.8. The van der Waals surface area contributed by atoms with E-state index in [1.165, 1.54) is 11.3 Å². The molecule has 0 aromatic heterocycles. The molecule has 2 aliphatic heterocycles. The van der Waals surface area contributed by atoms with Crippen molar-refractivity contribution >= 4 is 17.6 Å². The third-order valence-electron chi connectivity index (χ3n) is 4.49. The maximum absolute atomic E-state index is 12.0. The molecular formula is C15H18N4O. The molecule has 0 radical (unpaired) electrons. The number of rotatable bonds is 2. The smallest absolute Gasteiger partial charge is 0.346 e. The Morgan fingerprint density at radius 3 is 2.90 bits per heavy atom. The number of aliphatic imine (C=N–C) groups is 1. The molecular weight excluding hydrogens is 252 g/mol. The molecule has 20 heavy (non-hydrogen) atoms. The van der Waals surface area contributed by atoms with Gasteiger partial charge in [0.1, 0.15) is 11.9 Å². The van der Waals surface area contributed by atoms with Gasteiger partial charge in [-0.2, -0.15) is 4.99 Å². The van der Waals surface area contributed by atoms with Crippen LogP contribution >= 0.6 is 0 Å². The second kappa shape index (κ2) is 3.98. The van der Waals surface area contributed by atoms with E-state index in [4.69, 9.17) is 5.73 Å². The highest BCUT2D eigenvalue weighted by molar-refractivity contribution is 6.03. The number of hydrogen-bond acceptors (Lipinski definition) is 3. The van der Waals surface area contributed by atoms with Gasteiger partial charge in [0.2, 0.25) is 0 Å². The minimum Gasteiger partial charge on any atom is -0.385 e. The fraction of sp³-hybridized carbons (Fsp3) is 0.467. The van der Waals surface area contributed by atoms with Crippen molar-refractivity contribution in [2.75, 3.05) is 18.5 Å². The predicted molar refractivity (Wildman–Crippen MR) is 78.0 cm³/mol. The van der Waals surface area contributed by atoms with Crippen molar-refractivity contribution in [3.05, 3.63) is 29.3 Å². The van der Waals surface area contributed by atoms with E-state index >= 15 is 0 Å². The number of likely N-dealkylation sites (N-methyl/N-ethyl adjacent to an activating group) is 1. The fourth-order valence-corrected chi connectivity index (χ4v) is 3.29. The average molecular weight is 270 g/mol. The standard InChI is InChI=1S/C15H18N4O/c1-18-7-6-9-8-10(2-5-12(9)18)13-14(16)17-15(20)19(13)11-3-4-11/h2,5,8,11,13H,3-4,6-7H2,1H3,(H2,16,17,20). The van der Waals surface area contributed by atoms with E-state index in [9.17, 15) is 4.79 Å². The number of urea groups is 1. The molecule has 4 rings (SSSR count). The Kier molecular flexibility index (Phi) is 2.34. The zero-order chi connectivity index (χ0) is 13.9. The first-order valence-corrected chi connectivity index (χ1v) is 7.15. The number of amides is 2. The topological polar surface area (TPSA) is 61.9 Å². The van der Waals surface area contributed by atoms with E-state index in [1.807, 2.05) is 4.90 Å². The molecule has 2 N–H and O–H groups in total. The van der Waals surface area contributed by atoms with Gasteiger partial charge in [-0.05, 0) is 36.5 Å². The Bertz CT molecular complexity index is 620. The number of carbonyl (C=O) groups excluding carboxylic acids is 1. The number of benzene rings is 1. The number of hydrogen-bond donors (Lipinski definition) is 1. The van der Waals surface area contributed by atoms with Gasteiger partial charge in [-0.25, -0.2) is 4.79 Å². The van der Waals surface area contributed by atoms with Crippen LogP contribution in [-0.4, -0.2) is 36.4 Å². The van der Waals surface area contributed by atoms with E-state index in [1.54, 1.807) is 0 Å². The summed E-state index contributed by atoms with van der Waals surface area (Å²) < 4.78 is 0. The van der Waals surface area contributed by atoms with Crippen LogP contribution < -0.4 is 10.6 Å². The van der Waals surface area contributed by atoms with Gasteiger partial charge in [-0.1, -0.05) is 12.1 Å². The molecule has 5 nitrogen and oxygen atoms in total. The van der Waals surface area contributed by atoms with E-state index in [2.05, 4.69) is 35.1 Å². The summed E-state index contributed by atoms with van der Waals surface area (Å²) in [6.07, 6.45) is 3.19. The maximum atomic E-state index is 12.0. The second-order valence-corrected chi connectivity index (χ2v) is 5.92. The fourth-order valence-electron chi connectivity index (χ4n) is 3.29. The molecule has 0 spiro atoms. The molecule has 1 fully saturated rings. The minimum atomic E-state index is -0.174. The van der Waals surface area contributed by atoms with E-state index in [0.717, 1.165) is 31.4 Å². The summed E-state index contributed by atoms with van der Waals surface area (Å²) in [4.78, 5) is 20.1. The number of nitrogens with two attached hydrogens (primary N) is 1. The first-order valence-electron chi connectivity index (χ1n) is 7.15. The van der Waals surface area contributed by atoms with Crippen LogP contribution in [0, 0.1) is 0 Å². The number of amidine groups is 1. The van der Waals surface area contributed by atoms with Crippen LogP contribution in [0.2, 0.25) is 0 Å². The van der Waals surface area contributed by atoms with Crippen LogP contribution in [0.5, 0.6) is 0 Å². The van der Waals surface area contributed by atoms with Crippen LogP contribution in [0.4, 0.5) is 10.5 Å². The first-order chi connectivity index (χ1) is 9.65. The molecule has 2 heterocycles. The largest absolute Gasteiger partial charge is 0.385 e. The average Bonchev–Trinajstić information content (AvgIpc) is 3.13. The molecule has 1 saturated carbocycles. The van der Waals surface area contributed by atoms with Crippen LogP contribution in [0.25, 0.3) is 0 Å². The Labute approximate surface area is 118 Å². The lowest BCUT2D eigenvalue weighted by atomic mass is 10.0. The third kappa shape index (κ3) is 1.62. The summed E-state index contributed by atoms with van der Waals surface area (Å²) in [5.74, 6) is 0.438. The molecule has 1 atom stereocenters. The lowest BCUT2D eigenvalue weighted by molar-refractivity contribution is 0.203. The monoisotopic (exact) mass is 270 g/mol. The molecule has 1 aromatic rings. The number of nitrogens with zero attached hydrogens (tertiary/aromatic N) is 3. The lowest BCUT2D eigenvalue weighted by Gasteiger charge is -2.25. The van der Waals surface area contributed by atoms with Crippen molar-refractivity contribution in [2.24, 2.45) is 10.7 Å². The van der Waals surface area contributed by atoms with Crippen molar-refractivity contribution in [3.8, 4) is 0 Å². The van der Waals surface area contributed by atoms with Gasteiger partial charge in [0, 0.05) is 25.3 Å². The van der Waals surface area contributed by atoms with Crippen molar-refractivity contribution in [3.63, 3.8) is 0 Å². The molecule has 2 amide bonds. The summed E-state index contributed by atoms with van der Waals surface area (Å²) in [6.45, 7) is 1.05. The van der Waals surface area contributed by atoms with Crippen molar-refractivity contribution < 1.29 is 4.79 Å². The Hall–Kier alpha value is -2.04. The Morgan fingerprint density at radius 2 is 2.15 bits per heavy atom. The van der Waals surface area contributed by atoms with Gasteiger partial charge in [0.15, 0.2) is 0 Å². The van der Waals surface area contributed by atoms with Gasteiger partial charge in [0.05, 0.1) is 0 Å². The SMILES string of the molecule is CN1CCc2cc(C3C(N)=NC(=O)N3C3CC3)ccc21. The third-order valence-corrected chi connectivity index (χ3v) is 4.49. The minimum absolute atomic E-state index is 0.161. The van der Waals surface area contributed by atoms with Gasteiger partial charge >= 0.3 is 6.03 Å².